The van der Waals surface area contributed by atoms with E-state index in [1.807, 2.05) is 14.1 Å². The highest BCUT2D eigenvalue weighted by Crippen LogP contribution is 2.22. The van der Waals surface area contributed by atoms with E-state index in [1.165, 1.54) is 18.6 Å². The largest absolute Gasteiger partial charge is 0.348 e. The van der Waals surface area contributed by atoms with Crippen LogP contribution < -0.4 is 5.32 Å². The Hall–Kier alpha value is -1.40. The second-order valence-electron chi connectivity index (χ2n) is 6.19. The van der Waals surface area contributed by atoms with Gasteiger partial charge in [-0.2, -0.15) is 0 Å². The van der Waals surface area contributed by atoms with Gasteiger partial charge in [0.2, 0.25) is 0 Å². The van der Waals surface area contributed by atoms with E-state index in [0.29, 0.717) is 11.6 Å². The van der Waals surface area contributed by atoms with Gasteiger partial charge in [-0.1, -0.05) is 12.8 Å². The van der Waals surface area contributed by atoms with Gasteiger partial charge in [0.1, 0.15) is 0 Å². The van der Waals surface area contributed by atoms with E-state index >= 15 is 0 Å². The van der Waals surface area contributed by atoms with Crippen LogP contribution in [0, 0.1) is 0 Å². The molecule has 2 rings (SSSR count). The number of likely N-dealkylation sites (N-methyl/N-ethyl adjacent to an activating group) is 1. The monoisotopic (exact) mass is 324 g/mol. The van der Waals surface area contributed by atoms with E-state index in [2.05, 4.69) is 10.2 Å². The highest BCUT2D eigenvalue weighted by molar-refractivity contribution is 7.90. The predicted octanol–water partition coefficient (Wildman–Crippen LogP) is 1.69. The second kappa shape index (κ2) is 6.79. The van der Waals surface area contributed by atoms with Crippen LogP contribution in [0.15, 0.2) is 29.2 Å². The molecule has 122 valence electrons. The summed E-state index contributed by atoms with van der Waals surface area (Å²) in [7, 11) is 0.845. The van der Waals surface area contributed by atoms with Gasteiger partial charge in [0, 0.05) is 23.9 Å². The number of hydrogen-bond donors (Lipinski definition) is 1. The first-order chi connectivity index (χ1) is 10.3. The fraction of sp³-hybridized carbons (Fsp3) is 0.562. The summed E-state index contributed by atoms with van der Waals surface area (Å²) in [5.41, 5.74) is 0.496. The lowest BCUT2D eigenvalue weighted by Crippen LogP contribution is -2.51. The number of carbonyl (C=O) groups is 1. The predicted molar refractivity (Wildman–Crippen MR) is 86.7 cm³/mol. The first-order valence-electron chi connectivity index (χ1n) is 7.56. The van der Waals surface area contributed by atoms with E-state index in [0.717, 1.165) is 25.5 Å². The molecule has 6 heteroatoms. The molecule has 0 aliphatic heterocycles. The molecule has 1 fully saturated rings. The van der Waals surface area contributed by atoms with Crippen LogP contribution in [-0.2, 0) is 9.84 Å². The topological polar surface area (TPSA) is 66.5 Å². The van der Waals surface area contributed by atoms with Crippen LogP contribution in [0.5, 0.6) is 0 Å². The van der Waals surface area contributed by atoms with Gasteiger partial charge in [0.25, 0.3) is 5.91 Å². The Morgan fingerprint density at radius 3 is 2.27 bits per heavy atom. The molecule has 1 aliphatic rings. The third kappa shape index (κ3) is 4.08. The van der Waals surface area contributed by atoms with Crippen molar-refractivity contribution in [1.29, 1.82) is 0 Å². The first-order valence-corrected chi connectivity index (χ1v) is 9.45. The van der Waals surface area contributed by atoms with Crippen LogP contribution in [-0.4, -0.2) is 51.7 Å². The fourth-order valence-corrected chi connectivity index (χ4v) is 3.63. The van der Waals surface area contributed by atoms with E-state index in [-0.39, 0.29) is 16.8 Å². The van der Waals surface area contributed by atoms with Crippen molar-refractivity contribution in [2.75, 3.05) is 20.4 Å². The Morgan fingerprint density at radius 1 is 1.14 bits per heavy atom. The Morgan fingerprint density at radius 2 is 1.73 bits per heavy atom. The number of benzene rings is 1. The lowest BCUT2D eigenvalue weighted by Gasteiger charge is -2.36. The maximum atomic E-state index is 12.4. The van der Waals surface area contributed by atoms with Gasteiger partial charge < -0.3 is 10.2 Å². The number of amides is 1. The standard InChI is InChI=1S/C16H24N2O3S/c1-18(2)15-7-5-4-6-14(15)17-16(19)12-8-10-13(11-9-12)22(3,20)21/h8-11,14-15H,4-7H2,1-3H3,(H,17,19)/t14-,15-/m1/s1. The highest BCUT2D eigenvalue weighted by Gasteiger charge is 2.28. The van der Waals surface area contributed by atoms with Gasteiger partial charge in [-0.25, -0.2) is 8.42 Å². The first kappa shape index (κ1) is 17.0. The van der Waals surface area contributed by atoms with Crippen LogP contribution in [0.4, 0.5) is 0 Å². The van der Waals surface area contributed by atoms with Gasteiger partial charge in [-0.15, -0.1) is 0 Å². The van der Waals surface area contributed by atoms with Crippen molar-refractivity contribution in [1.82, 2.24) is 10.2 Å². The van der Waals surface area contributed by atoms with E-state index < -0.39 is 9.84 Å². The molecule has 22 heavy (non-hydrogen) atoms. The van der Waals surface area contributed by atoms with Gasteiger partial charge in [0.05, 0.1) is 4.90 Å². The van der Waals surface area contributed by atoms with Crippen molar-refractivity contribution in [3.05, 3.63) is 29.8 Å². The zero-order valence-electron chi connectivity index (χ0n) is 13.4. The minimum Gasteiger partial charge on any atom is -0.348 e. The number of nitrogens with one attached hydrogen (secondary N) is 1. The molecule has 0 unspecified atom stereocenters. The third-order valence-corrected chi connectivity index (χ3v) is 5.38. The fourth-order valence-electron chi connectivity index (χ4n) is 3.00. The molecule has 5 nitrogen and oxygen atoms in total. The summed E-state index contributed by atoms with van der Waals surface area (Å²) in [6.07, 6.45) is 5.55. The molecule has 0 radical (unpaired) electrons. The molecule has 0 spiro atoms. The average molecular weight is 324 g/mol. The van der Waals surface area contributed by atoms with E-state index in [4.69, 9.17) is 0 Å². The number of hydrogen-bond acceptors (Lipinski definition) is 4. The SMILES string of the molecule is CN(C)[C@@H]1CCCC[C@H]1NC(=O)c1ccc(S(C)(=O)=O)cc1. The molecule has 1 aliphatic carbocycles. The third-order valence-electron chi connectivity index (χ3n) is 4.25. The number of sulfone groups is 1. The van der Waals surface area contributed by atoms with Crippen molar-refractivity contribution in [2.45, 2.75) is 42.7 Å². The Labute approximate surface area is 132 Å². The minimum absolute atomic E-state index is 0.140. The summed E-state index contributed by atoms with van der Waals surface area (Å²) in [4.78, 5) is 14.8. The molecule has 0 aromatic heterocycles. The molecule has 1 aromatic rings. The van der Waals surface area contributed by atoms with Crippen LogP contribution in [0.3, 0.4) is 0 Å². The van der Waals surface area contributed by atoms with Crippen molar-refractivity contribution < 1.29 is 13.2 Å². The van der Waals surface area contributed by atoms with Gasteiger partial charge in [-0.05, 0) is 51.2 Å². The molecule has 2 atom stereocenters. The minimum atomic E-state index is -3.23. The molecule has 1 saturated carbocycles. The lowest BCUT2D eigenvalue weighted by molar-refractivity contribution is 0.0882. The van der Waals surface area contributed by atoms with Crippen molar-refractivity contribution in [2.24, 2.45) is 0 Å². The summed E-state index contributed by atoms with van der Waals surface area (Å²) >= 11 is 0. The number of carbonyl (C=O) groups excluding carboxylic acids is 1. The molecule has 0 bridgehead atoms. The Bertz CT molecular complexity index is 623. The second-order valence-corrected chi connectivity index (χ2v) is 8.21. The Kier molecular flexibility index (Phi) is 5.24. The summed E-state index contributed by atoms with van der Waals surface area (Å²) in [5.74, 6) is -0.140. The summed E-state index contributed by atoms with van der Waals surface area (Å²) in [6.45, 7) is 0. The van der Waals surface area contributed by atoms with E-state index in [9.17, 15) is 13.2 Å². The normalized spacial score (nSPS) is 22.5. The van der Waals surface area contributed by atoms with Crippen LogP contribution in [0.2, 0.25) is 0 Å². The van der Waals surface area contributed by atoms with Crippen molar-refractivity contribution >= 4 is 15.7 Å². The van der Waals surface area contributed by atoms with Crippen LogP contribution >= 0.6 is 0 Å². The van der Waals surface area contributed by atoms with Gasteiger partial charge >= 0.3 is 0 Å². The summed E-state index contributed by atoms with van der Waals surface area (Å²) in [5, 5.41) is 3.09. The highest BCUT2D eigenvalue weighted by atomic mass is 32.2. The Balaban J connectivity index is 2.08. The maximum Gasteiger partial charge on any atom is 0.251 e. The van der Waals surface area contributed by atoms with Crippen LogP contribution in [0.1, 0.15) is 36.0 Å². The van der Waals surface area contributed by atoms with E-state index in [1.54, 1.807) is 12.1 Å². The van der Waals surface area contributed by atoms with Gasteiger partial charge in [0.15, 0.2) is 9.84 Å². The molecule has 1 amide bonds. The maximum absolute atomic E-state index is 12.4. The lowest BCUT2D eigenvalue weighted by atomic mass is 9.89. The van der Waals surface area contributed by atoms with Crippen LogP contribution in [0.25, 0.3) is 0 Å². The number of nitrogens with zero attached hydrogens (tertiary/aromatic N) is 1. The zero-order valence-corrected chi connectivity index (χ0v) is 14.2. The van der Waals surface area contributed by atoms with Gasteiger partial charge in [-0.3, -0.25) is 4.79 Å². The molecule has 1 aromatic carbocycles. The smallest absolute Gasteiger partial charge is 0.251 e. The molecule has 1 N–H and O–H groups in total. The molecular formula is C16H24N2O3S. The molecule has 0 saturated heterocycles. The average Bonchev–Trinajstić information content (AvgIpc) is 2.46. The molecule has 0 heterocycles. The molecular weight excluding hydrogens is 300 g/mol. The van der Waals surface area contributed by atoms with Crippen molar-refractivity contribution in [3.8, 4) is 0 Å². The summed E-state index contributed by atoms with van der Waals surface area (Å²) in [6, 6.07) is 6.60. The number of rotatable bonds is 4. The summed E-state index contributed by atoms with van der Waals surface area (Å²) < 4.78 is 22.9. The quantitative estimate of drug-likeness (QED) is 0.915. The van der Waals surface area contributed by atoms with Crippen molar-refractivity contribution in [3.63, 3.8) is 0 Å². The zero-order chi connectivity index (χ0) is 16.3.